The molecule has 0 bridgehead atoms. The molecule has 0 radical (unpaired) electrons. The zero-order valence-corrected chi connectivity index (χ0v) is 12.7. The van der Waals surface area contributed by atoms with Gasteiger partial charge in [-0.05, 0) is 20.8 Å². The van der Waals surface area contributed by atoms with Gasteiger partial charge in [-0.25, -0.2) is 13.1 Å². The molecule has 1 heterocycles. The number of nitrogens with one attached hydrogen (secondary N) is 2. The molecule has 0 saturated heterocycles. The number of carbonyl (C=O) groups is 1. The minimum atomic E-state index is -3.83. The Hall–Kier alpha value is -1.19. The molecule has 0 aliphatic carbocycles. The van der Waals surface area contributed by atoms with Crippen molar-refractivity contribution in [2.24, 2.45) is 0 Å². The van der Waals surface area contributed by atoms with E-state index in [4.69, 9.17) is 0 Å². The summed E-state index contributed by atoms with van der Waals surface area (Å²) in [5.41, 5.74) is 0.276. The largest absolute Gasteiger partial charge is 0.342 e. The summed E-state index contributed by atoms with van der Waals surface area (Å²) in [6.45, 7) is 5.87. The fourth-order valence-electron chi connectivity index (χ4n) is 1.56. The fraction of sp³-hybridized carbons (Fsp3) is 0.600. The third-order valence-corrected chi connectivity index (χ3v) is 5.56. The highest BCUT2D eigenvalue weighted by Gasteiger charge is 2.22. The zero-order valence-electron chi connectivity index (χ0n) is 11.0. The molecule has 19 heavy (non-hydrogen) atoms. The summed E-state index contributed by atoms with van der Waals surface area (Å²) in [7, 11) is -3.83. The maximum absolute atomic E-state index is 11.9. The second-order valence-corrected chi connectivity index (χ2v) is 6.76. The van der Waals surface area contributed by atoms with Gasteiger partial charge in [0, 0.05) is 18.8 Å². The van der Waals surface area contributed by atoms with Gasteiger partial charge in [-0.1, -0.05) is 11.3 Å². The molecule has 1 aromatic rings. The van der Waals surface area contributed by atoms with E-state index in [2.05, 4.69) is 9.71 Å². The average Bonchev–Trinajstić information content (AvgIpc) is 2.68. The quantitative estimate of drug-likeness (QED) is 0.766. The first-order chi connectivity index (χ1) is 8.81. The van der Waals surface area contributed by atoms with E-state index in [1.807, 2.05) is 13.8 Å². The van der Waals surface area contributed by atoms with Gasteiger partial charge in [0.05, 0.1) is 6.54 Å². The molecule has 0 aromatic carbocycles. The fourth-order valence-corrected chi connectivity index (χ4v) is 3.88. The number of amides is 1. The van der Waals surface area contributed by atoms with Gasteiger partial charge in [0.25, 0.3) is 10.0 Å². The highest BCUT2D eigenvalue weighted by Crippen LogP contribution is 2.15. The first-order valence-electron chi connectivity index (χ1n) is 5.79. The van der Waals surface area contributed by atoms with E-state index < -0.39 is 14.9 Å². The molecular formula is C10H17N3O4S2. The molecule has 2 N–H and O–H groups in total. The van der Waals surface area contributed by atoms with E-state index in [0.29, 0.717) is 24.4 Å². The van der Waals surface area contributed by atoms with E-state index in [1.165, 1.54) is 11.8 Å². The predicted molar refractivity (Wildman–Crippen MR) is 72.8 cm³/mol. The SMILES string of the molecule is CCN(CC)C(=O)CNS(=O)(=O)c1sc(=O)[nH]c1C. The van der Waals surface area contributed by atoms with Gasteiger partial charge < -0.3 is 9.88 Å². The molecule has 1 amide bonds. The molecule has 1 rings (SSSR count). The van der Waals surface area contributed by atoms with Crippen LogP contribution in [0, 0.1) is 6.92 Å². The Morgan fingerprint density at radius 2 is 1.95 bits per heavy atom. The lowest BCUT2D eigenvalue weighted by atomic mass is 10.4. The number of hydrogen-bond donors (Lipinski definition) is 2. The van der Waals surface area contributed by atoms with Gasteiger partial charge in [0.15, 0.2) is 4.21 Å². The molecule has 0 saturated carbocycles. The van der Waals surface area contributed by atoms with Gasteiger partial charge in [-0.3, -0.25) is 9.59 Å². The summed E-state index contributed by atoms with van der Waals surface area (Å²) < 4.78 is 26.0. The topological polar surface area (TPSA) is 99.3 Å². The number of aromatic amines is 1. The van der Waals surface area contributed by atoms with Crippen molar-refractivity contribution < 1.29 is 13.2 Å². The summed E-state index contributed by atoms with van der Waals surface area (Å²) in [4.78, 5) is 26.3. The summed E-state index contributed by atoms with van der Waals surface area (Å²) >= 11 is 0.606. The number of aryl methyl sites for hydroxylation is 1. The molecule has 1 aromatic heterocycles. The Kier molecular flexibility index (Phi) is 5.27. The standard InChI is InChI=1S/C10H17N3O4S2/c1-4-13(5-2)8(14)6-11-19(16,17)9-7(3)12-10(15)18-9/h11H,4-6H2,1-3H3,(H,12,15). The van der Waals surface area contributed by atoms with E-state index in [-0.39, 0.29) is 22.4 Å². The molecular weight excluding hydrogens is 290 g/mol. The van der Waals surface area contributed by atoms with Crippen LogP contribution in [0.5, 0.6) is 0 Å². The summed E-state index contributed by atoms with van der Waals surface area (Å²) in [6.07, 6.45) is 0. The lowest BCUT2D eigenvalue weighted by molar-refractivity contribution is -0.129. The van der Waals surface area contributed by atoms with Crippen LogP contribution in [0.3, 0.4) is 0 Å². The van der Waals surface area contributed by atoms with Crippen LogP contribution >= 0.6 is 11.3 Å². The number of hydrogen-bond acceptors (Lipinski definition) is 5. The Morgan fingerprint density at radius 1 is 1.37 bits per heavy atom. The van der Waals surface area contributed by atoms with Crippen LogP contribution in [0.4, 0.5) is 0 Å². The van der Waals surface area contributed by atoms with Crippen LogP contribution in [0.2, 0.25) is 0 Å². The predicted octanol–water partition coefficient (Wildman–Crippen LogP) is -0.108. The van der Waals surface area contributed by atoms with Crippen molar-refractivity contribution in [1.82, 2.24) is 14.6 Å². The normalized spacial score (nSPS) is 11.5. The lowest BCUT2D eigenvalue weighted by Crippen LogP contribution is -2.39. The van der Waals surface area contributed by atoms with E-state index in [9.17, 15) is 18.0 Å². The van der Waals surface area contributed by atoms with Crippen LogP contribution < -0.4 is 9.60 Å². The molecule has 0 fully saturated rings. The Morgan fingerprint density at radius 3 is 2.37 bits per heavy atom. The summed E-state index contributed by atoms with van der Waals surface area (Å²) in [6, 6.07) is 0. The molecule has 0 aliphatic heterocycles. The molecule has 7 nitrogen and oxygen atoms in total. The molecule has 108 valence electrons. The maximum atomic E-state index is 11.9. The van der Waals surface area contributed by atoms with Crippen molar-refractivity contribution in [3.8, 4) is 0 Å². The van der Waals surface area contributed by atoms with Gasteiger partial charge in [0.2, 0.25) is 5.91 Å². The number of thiazole rings is 1. The second kappa shape index (κ2) is 6.31. The monoisotopic (exact) mass is 307 g/mol. The summed E-state index contributed by atoms with van der Waals surface area (Å²) in [5.74, 6) is -0.297. The number of aromatic nitrogens is 1. The van der Waals surface area contributed by atoms with Gasteiger partial charge in [-0.2, -0.15) is 0 Å². The third kappa shape index (κ3) is 3.88. The van der Waals surface area contributed by atoms with Crippen LogP contribution in [-0.2, 0) is 14.8 Å². The van der Waals surface area contributed by atoms with Crippen molar-refractivity contribution in [3.05, 3.63) is 15.4 Å². The molecule has 0 aliphatic rings. The molecule has 9 heteroatoms. The Labute approximate surface area is 115 Å². The number of nitrogens with zero attached hydrogens (tertiary/aromatic N) is 1. The van der Waals surface area contributed by atoms with Crippen LogP contribution in [0.1, 0.15) is 19.5 Å². The Balaban J connectivity index is 2.79. The van der Waals surface area contributed by atoms with Crippen LogP contribution in [-0.4, -0.2) is 43.8 Å². The van der Waals surface area contributed by atoms with E-state index in [0.717, 1.165) is 0 Å². The minimum absolute atomic E-state index is 0.0788. The first kappa shape index (κ1) is 15.9. The zero-order chi connectivity index (χ0) is 14.6. The molecule has 0 unspecified atom stereocenters. The maximum Gasteiger partial charge on any atom is 0.305 e. The van der Waals surface area contributed by atoms with Crippen molar-refractivity contribution in [1.29, 1.82) is 0 Å². The number of H-pyrrole nitrogens is 1. The van der Waals surface area contributed by atoms with Crippen LogP contribution in [0.25, 0.3) is 0 Å². The Bertz CT molecular complexity index is 599. The average molecular weight is 307 g/mol. The van der Waals surface area contributed by atoms with Crippen molar-refractivity contribution in [2.75, 3.05) is 19.6 Å². The van der Waals surface area contributed by atoms with Crippen LogP contribution in [0.15, 0.2) is 9.00 Å². The number of carbonyl (C=O) groups excluding carboxylic acids is 1. The highest BCUT2D eigenvalue weighted by atomic mass is 32.2. The lowest BCUT2D eigenvalue weighted by Gasteiger charge is -2.18. The highest BCUT2D eigenvalue weighted by molar-refractivity contribution is 7.91. The van der Waals surface area contributed by atoms with Gasteiger partial charge >= 0.3 is 4.87 Å². The van der Waals surface area contributed by atoms with Gasteiger partial charge in [-0.15, -0.1) is 0 Å². The number of likely N-dealkylation sites (N-methyl/N-ethyl adjacent to an activating group) is 1. The smallest absolute Gasteiger partial charge is 0.305 e. The molecule has 0 spiro atoms. The van der Waals surface area contributed by atoms with Crippen molar-refractivity contribution in [3.63, 3.8) is 0 Å². The van der Waals surface area contributed by atoms with E-state index >= 15 is 0 Å². The number of rotatable bonds is 6. The number of sulfonamides is 1. The second-order valence-electron chi connectivity index (χ2n) is 3.82. The van der Waals surface area contributed by atoms with Gasteiger partial charge in [0.1, 0.15) is 0 Å². The van der Waals surface area contributed by atoms with E-state index in [1.54, 1.807) is 0 Å². The minimum Gasteiger partial charge on any atom is -0.342 e. The summed E-state index contributed by atoms with van der Waals surface area (Å²) in [5, 5.41) is 0. The first-order valence-corrected chi connectivity index (χ1v) is 8.09. The van der Waals surface area contributed by atoms with Crippen molar-refractivity contribution in [2.45, 2.75) is 25.0 Å². The third-order valence-electron chi connectivity index (χ3n) is 2.55. The molecule has 0 atom stereocenters. The van der Waals surface area contributed by atoms with Crippen molar-refractivity contribution >= 4 is 27.3 Å².